The molecule has 0 spiro atoms. The quantitative estimate of drug-likeness (QED) is 0.605. The molecule has 0 saturated carbocycles. The summed E-state index contributed by atoms with van der Waals surface area (Å²) in [6, 6.07) is 4.48. The van der Waals surface area contributed by atoms with Crippen molar-refractivity contribution >= 4 is 11.3 Å². The highest BCUT2D eigenvalue weighted by Crippen LogP contribution is 2.24. The average molecular weight is 196 g/mol. The highest BCUT2D eigenvalue weighted by Gasteiger charge is 2.01. The van der Waals surface area contributed by atoms with Crippen molar-refractivity contribution < 1.29 is 0 Å². The molecule has 13 heavy (non-hydrogen) atoms. The zero-order valence-corrected chi connectivity index (χ0v) is 9.95. The number of hydrogen-bond acceptors (Lipinski definition) is 1. The van der Waals surface area contributed by atoms with Gasteiger partial charge in [-0.15, -0.1) is 17.9 Å². The van der Waals surface area contributed by atoms with E-state index in [0.29, 0.717) is 5.92 Å². The van der Waals surface area contributed by atoms with E-state index in [2.05, 4.69) is 39.5 Å². The lowest BCUT2D eigenvalue weighted by Crippen LogP contribution is -1.77. The summed E-state index contributed by atoms with van der Waals surface area (Å²) in [4.78, 5) is 3.01. The molecule has 1 aromatic rings. The van der Waals surface area contributed by atoms with E-state index < -0.39 is 0 Å². The summed E-state index contributed by atoms with van der Waals surface area (Å²) < 4.78 is 0. The largest absolute Gasteiger partial charge is 0.145 e. The smallest absolute Gasteiger partial charge is 0.00736 e. The summed E-state index contributed by atoms with van der Waals surface area (Å²) >= 11 is 1.94. The molecule has 1 aromatic heterocycles. The fraction of sp³-hybridized carbons (Fsp3) is 0.500. The van der Waals surface area contributed by atoms with Crippen molar-refractivity contribution in [2.45, 2.75) is 40.0 Å². The second-order valence-corrected chi connectivity index (χ2v) is 4.42. The Morgan fingerprint density at radius 3 is 2.23 bits per heavy atom. The summed E-state index contributed by atoms with van der Waals surface area (Å²) in [6.45, 7) is 11.9. The lowest BCUT2D eigenvalue weighted by molar-refractivity contribution is 0.890. The molecule has 0 aromatic carbocycles. The summed E-state index contributed by atoms with van der Waals surface area (Å²) in [5, 5.41) is 0. The fourth-order valence-electron chi connectivity index (χ4n) is 0.895. The summed E-state index contributed by atoms with van der Waals surface area (Å²) in [5.41, 5.74) is 0. The Kier molecular flexibility index (Phi) is 6.61. The van der Waals surface area contributed by atoms with E-state index in [1.54, 1.807) is 6.08 Å². The molecule has 0 bridgehead atoms. The predicted octanol–water partition coefficient (Wildman–Crippen LogP) is 4.63. The standard InChI is InChI=1S/C9H14S.C3H6/c1-4-8-5-6-9(10-8)7(2)3;1-3-2/h5-7H,4H2,1-3H3;3H,1H2,2H3. The van der Waals surface area contributed by atoms with Crippen molar-refractivity contribution in [1.29, 1.82) is 0 Å². The van der Waals surface area contributed by atoms with Crippen LogP contribution in [-0.4, -0.2) is 0 Å². The first kappa shape index (κ1) is 12.4. The molecule has 0 atom stereocenters. The molecule has 0 fully saturated rings. The lowest BCUT2D eigenvalue weighted by atomic mass is 10.2. The first-order valence-electron chi connectivity index (χ1n) is 4.81. The highest BCUT2D eigenvalue weighted by molar-refractivity contribution is 7.12. The van der Waals surface area contributed by atoms with Gasteiger partial charge in [0.25, 0.3) is 0 Å². The first-order valence-corrected chi connectivity index (χ1v) is 5.63. The van der Waals surface area contributed by atoms with Gasteiger partial charge in [-0.25, -0.2) is 0 Å². The molecule has 0 N–H and O–H groups in total. The van der Waals surface area contributed by atoms with Gasteiger partial charge in [0.1, 0.15) is 0 Å². The van der Waals surface area contributed by atoms with E-state index in [1.807, 2.05) is 18.3 Å². The topological polar surface area (TPSA) is 0 Å². The fourth-order valence-corrected chi connectivity index (χ4v) is 1.85. The third kappa shape index (κ3) is 4.89. The molecule has 74 valence electrons. The van der Waals surface area contributed by atoms with Gasteiger partial charge in [-0.2, -0.15) is 0 Å². The zero-order chi connectivity index (χ0) is 10.3. The zero-order valence-electron chi connectivity index (χ0n) is 9.13. The normalized spacial score (nSPS) is 9.31. The van der Waals surface area contributed by atoms with Crippen molar-refractivity contribution in [2.24, 2.45) is 0 Å². The molecule has 0 saturated heterocycles. The van der Waals surface area contributed by atoms with Gasteiger partial charge in [0.05, 0.1) is 0 Å². The van der Waals surface area contributed by atoms with Crippen LogP contribution < -0.4 is 0 Å². The van der Waals surface area contributed by atoms with Crippen molar-refractivity contribution in [3.63, 3.8) is 0 Å². The molecule has 1 rings (SSSR count). The van der Waals surface area contributed by atoms with Crippen LogP contribution in [0.5, 0.6) is 0 Å². The van der Waals surface area contributed by atoms with Crippen molar-refractivity contribution in [3.8, 4) is 0 Å². The van der Waals surface area contributed by atoms with Gasteiger partial charge in [-0.1, -0.05) is 26.8 Å². The Hall–Kier alpha value is -0.560. The molecule has 0 aliphatic rings. The predicted molar refractivity (Wildman–Crippen MR) is 63.7 cm³/mol. The minimum Gasteiger partial charge on any atom is -0.145 e. The van der Waals surface area contributed by atoms with Crippen LogP contribution in [0.15, 0.2) is 24.8 Å². The van der Waals surface area contributed by atoms with E-state index in [-0.39, 0.29) is 0 Å². The van der Waals surface area contributed by atoms with Crippen LogP contribution in [0.1, 0.15) is 43.4 Å². The maximum absolute atomic E-state index is 3.36. The Morgan fingerprint density at radius 2 is 2.00 bits per heavy atom. The Labute approximate surface area is 86.3 Å². The highest BCUT2D eigenvalue weighted by atomic mass is 32.1. The van der Waals surface area contributed by atoms with Gasteiger partial charge >= 0.3 is 0 Å². The molecule has 0 aliphatic carbocycles. The molecule has 0 unspecified atom stereocenters. The van der Waals surface area contributed by atoms with E-state index in [9.17, 15) is 0 Å². The average Bonchev–Trinajstić information content (AvgIpc) is 2.53. The van der Waals surface area contributed by atoms with Crippen LogP contribution in [-0.2, 0) is 6.42 Å². The number of aryl methyl sites for hydroxylation is 1. The lowest BCUT2D eigenvalue weighted by Gasteiger charge is -1.96. The maximum atomic E-state index is 3.36. The molecule has 0 radical (unpaired) electrons. The molecule has 1 heterocycles. The van der Waals surface area contributed by atoms with E-state index in [0.717, 1.165) is 0 Å². The van der Waals surface area contributed by atoms with Gasteiger partial charge in [-0.3, -0.25) is 0 Å². The number of rotatable bonds is 2. The summed E-state index contributed by atoms with van der Waals surface area (Å²) in [5.74, 6) is 0.699. The van der Waals surface area contributed by atoms with Gasteiger partial charge in [0.2, 0.25) is 0 Å². The van der Waals surface area contributed by atoms with Gasteiger partial charge in [0.15, 0.2) is 0 Å². The first-order chi connectivity index (χ1) is 6.15. The summed E-state index contributed by atoms with van der Waals surface area (Å²) in [6.07, 6.45) is 2.93. The van der Waals surface area contributed by atoms with Crippen LogP contribution in [0.4, 0.5) is 0 Å². The van der Waals surface area contributed by atoms with Crippen LogP contribution in [0.25, 0.3) is 0 Å². The second kappa shape index (κ2) is 6.90. The molecular formula is C12H20S. The van der Waals surface area contributed by atoms with E-state index in [1.165, 1.54) is 16.2 Å². The molecule has 0 nitrogen and oxygen atoms in total. The Bertz CT molecular complexity index is 233. The molecule has 0 amide bonds. The maximum Gasteiger partial charge on any atom is 0.00736 e. The molecule has 0 aliphatic heterocycles. The summed E-state index contributed by atoms with van der Waals surface area (Å²) in [7, 11) is 0. The third-order valence-electron chi connectivity index (χ3n) is 1.60. The van der Waals surface area contributed by atoms with Gasteiger partial charge < -0.3 is 0 Å². The minimum atomic E-state index is 0.699. The van der Waals surface area contributed by atoms with Crippen molar-refractivity contribution in [2.75, 3.05) is 0 Å². The van der Waals surface area contributed by atoms with Crippen LogP contribution in [0.2, 0.25) is 0 Å². The van der Waals surface area contributed by atoms with Crippen LogP contribution >= 0.6 is 11.3 Å². The van der Waals surface area contributed by atoms with E-state index in [4.69, 9.17) is 0 Å². The number of hydrogen-bond donors (Lipinski definition) is 0. The Balaban J connectivity index is 0.000000424. The van der Waals surface area contributed by atoms with Gasteiger partial charge in [-0.05, 0) is 31.4 Å². The monoisotopic (exact) mass is 196 g/mol. The third-order valence-corrected chi connectivity index (χ3v) is 3.13. The number of allylic oxidation sites excluding steroid dienone is 1. The molecule has 1 heteroatoms. The van der Waals surface area contributed by atoms with Crippen molar-refractivity contribution in [3.05, 3.63) is 34.5 Å². The van der Waals surface area contributed by atoms with E-state index >= 15 is 0 Å². The van der Waals surface area contributed by atoms with Crippen LogP contribution in [0, 0.1) is 0 Å². The Morgan fingerprint density at radius 1 is 1.46 bits per heavy atom. The van der Waals surface area contributed by atoms with Crippen LogP contribution in [0.3, 0.4) is 0 Å². The second-order valence-electron chi connectivity index (χ2n) is 3.22. The van der Waals surface area contributed by atoms with Gasteiger partial charge in [0, 0.05) is 9.75 Å². The van der Waals surface area contributed by atoms with Crippen molar-refractivity contribution in [1.82, 2.24) is 0 Å². The molecular weight excluding hydrogens is 176 g/mol. The number of thiophene rings is 1. The minimum absolute atomic E-state index is 0.699. The SMILES string of the molecule is C=CC.CCc1ccc(C(C)C)s1.